The Bertz CT molecular complexity index is 1140. The quantitative estimate of drug-likeness (QED) is 0.508. The smallest absolute Gasteiger partial charge is 0.416 e. The molecule has 3 rings (SSSR count). The van der Waals surface area contributed by atoms with Crippen molar-refractivity contribution in [2.24, 2.45) is 0 Å². The number of hydrogen-bond acceptors (Lipinski definition) is 5. The molecule has 0 aliphatic carbocycles. The zero-order valence-corrected chi connectivity index (χ0v) is 17.5. The van der Waals surface area contributed by atoms with Crippen molar-refractivity contribution < 1.29 is 32.5 Å². The van der Waals surface area contributed by atoms with Gasteiger partial charge in [0.25, 0.3) is 0 Å². The van der Waals surface area contributed by atoms with Crippen molar-refractivity contribution >= 4 is 5.97 Å². The summed E-state index contributed by atoms with van der Waals surface area (Å²) in [7, 11) is 1.20. The Morgan fingerprint density at radius 2 is 1.79 bits per heavy atom. The van der Waals surface area contributed by atoms with Crippen LogP contribution in [0.25, 0.3) is 11.1 Å². The number of ether oxygens (including phenoxy) is 2. The molecule has 0 amide bonds. The number of methoxy groups -OCH3 is 1. The lowest BCUT2D eigenvalue weighted by Gasteiger charge is -2.13. The molecule has 2 aromatic carbocycles. The molecule has 6 nitrogen and oxygen atoms in total. The molecule has 0 aliphatic rings. The first-order valence-electron chi connectivity index (χ1n) is 9.81. The maximum absolute atomic E-state index is 12.7. The normalized spacial score (nSPS) is 11.9. The molecule has 0 saturated carbocycles. The average Bonchev–Trinajstić information content (AvgIpc) is 2.93. The number of nitrogens with one attached hydrogen (secondary N) is 1. The Hall–Kier alpha value is -3.85. The SMILES string of the molecule is COC(=O)C(O)c1ccccc1-c1ccc[nH]c(COc2ccc(C(F)(F)F)cc2)ncc1. The van der Waals surface area contributed by atoms with E-state index in [1.54, 1.807) is 48.7 Å². The third-order valence-electron chi connectivity index (χ3n) is 4.65. The maximum Gasteiger partial charge on any atom is 0.416 e. The first-order valence-corrected chi connectivity index (χ1v) is 9.81. The van der Waals surface area contributed by atoms with E-state index in [0.717, 1.165) is 12.1 Å². The molecule has 0 aliphatic heterocycles. The van der Waals surface area contributed by atoms with Crippen LogP contribution < -0.4 is 4.74 Å². The van der Waals surface area contributed by atoms with Gasteiger partial charge >= 0.3 is 12.1 Å². The van der Waals surface area contributed by atoms with Crippen LogP contribution in [0.1, 0.15) is 23.1 Å². The topological polar surface area (TPSA) is 84.4 Å². The van der Waals surface area contributed by atoms with Gasteiger partial charge in [-0.15, -0.1) is 0 Å². The second-order valence-corrected chi connectivity index (χ2v) is 6.84. The predicted octanol–water partition coefficient (Wildman–Crippen LogP) is 5.01. The van der Waals surface area contributed by atoms with Crippen LogP contribution in [0.4, 0.5) is 13.2 Å². The number of halogens is 3. The van der Waals surface area contributed by atoms with Gasteiger partial charge in [-0.05, 0) is 53.1 Å². The minimum absolute atomic E-state index is 0.00693. The standard InChI is InChI=1S/C24H21F3N2O4/c1-32-23(31)22(30)20-7-3-2-6-19(20)16-5-4-13-28-21(29-14-12-16)15-33-18-10-8-17(9-11-18)24(25,26)27/h2-14,22,30H,15H2,1H3,(H,28,29). The van der Waals surface area contributed by atoms with Gasteiger partial charge < -0.3 is 19.6 Å². The van der Waals surface area contributed by atoms with Crippen LogP contribution in [0.5, 0.6) is 5.75 Å². The predicted molar refractivity (Wildman–Crippen MR) is 114 cm³/mol. The van der Waals surface area contributed by atoms with Crippen LogP contribution in [0, 0.1) is 0 Å². The Morgan fingerprint density at radius 3 is 2.48 bits per heavy atom. The number of rotatable bonds is 6. The van der Waals surface area contributed by atoms with Gasteiger partial charge in [-0.2, -0.15) is 13.2 Å². The molecule has 1 unspecified atom stereocenters. The summed E-state index contributed by atoms with van der Waals surface area (Å²) in [6.07, 6.45) is -2.72. The summed E-state index contributed by atoms with van der Waals surface area (Å²) in [6, 6.07) is 16.4. The highest BCUT2D eigenvalue weighted by Crippen LogP contribution is 2.30. The van der Waals surface area contributed by atoms with E-state index in [4.69, 9.17) is 4.74 Å². The number of alkyl halides is 3. The summed E-state index contributed by atoms with van der Waals surface area (Å²) >= 11 is 0. The Morgan fingerprint density at radius 1 is 1.06 bits per heavy atom. The van der Waals surface area contributed by atoms with Gasteiger partial charge in [0.1, 0.15) is 18.2 Å². The summed E-state index contributed by atoms with van der Waals surface area (Å²) < 4.78 is 48.2. The third kappa shape index (κ3) is 6.33. The van der Waals surface area contributed by atoms with Gasteiger partial charge in [0.15, 0.2) is 6.10 Å². The number of aromatic nitrogens is 2. The van der Waals surface area contributed by atoms with Crippen LogP contribution in [0.15, 0.2) is 79.1 Å². The molecule has 0 fully saturated rings. The van der Waals surface area contributed by atoms with Gasteiger partial charge in [-0.1, -0.05) is 30.3 Å². The molecule has 1 heterocycles. The first kappa shape index (κ1) is 23.8. The van der Waals surface area contributed by atoms with Crippen molar-refractivity contribution in [3.63, 3.8) is 0 Å². The fourth-order valence-corrected chi connectivity index (χ4v) is 2.98. The minimum atomic E-state index is -4.41. The van der Waals surface area contributed by atoms with Crippen LogP contribution in [0.2, 0.25) is 0 Å². The summed E-state index contributed by atoms with van der Waals surface area (Å²) in [5.41, 5.74) is 0.932. The number of H-pyrrole nitrogens is 1. The number of carbonyl (C=O) groups is 1. The van der Waals surface area contributed by atoms with E-state index < -0.39 is 23.8 Å². The molecular formula is C24H21F3N2O4. The highest BCUT2D eigenvalue weighted by molar-refractivity contribution is 5.80. The number of esters is 1. The van der Waals surface area contributed by atoms with E-state index in [2.05, 4.69) is 14.7 Å². The molecule has 2 N–H and O–H groups in total. The number of aliphatic hydroxyl groups is 1. The van der Waals surface area contributed by atoms with E-state index in [-0.39, 0.29) is 12.4 Å². The van der Waals surface area contributed by atoms with Crippen molar-refractivity contribution in [1.29, 1.82) is 0 Å². The van der Waals surface area contributed by atoms with Gasteiger partial charge in [-0.25, -0.2) is 9.78 Å². The molecule has 1 atom stereocenters. The number of hydrogen-bond donors (Lipinski definition) is 2. The van der Waals surface area contributed by atoms with E-state index in [0.29, 0.717) is 22.5 Å². The van der Waals surface area contributed by atoms with Crippen LogP contribution in [-0.2, 0) is 22.3 Å². The second kappa shape index (κ2) is 10.6. The summed E-state index contributed by atoms with van der Waals surface area (Å²) in [5.74, 6) is -0.0853. The number of aromatic amines is 1. The van der Waals surface area contributed by atoms with E-state index in [9.17, 15) is 23.1 Å². The zero-order valence-electron chi connectivity index (χ0n) is 17.5. The van der Waals surface area contributed by atoms with Crippen molar-refractivity contribution in [2.45, 2.75) is 18.9 Å². The van der Waals surface area contributed by atoms with Crippen LogP contribution in [0.3, 0.4) is 0 Å². The molecule has 0 spiro atoms. The number of benzene rings is 2. The lowest BCUT2D eigenvalue weighted by molar-refractivity contribution is -0.150. The van der Waals surface area contributed by atoms with Crippen LogP contribution in [-0.4, -0.2) is 28.2 Å². The minimum Gasteiger partial charge on any atom is -0.486 e. The number of aliphatic hydroxyl groups excluding tert-OH is 1. The fourth-order valence-electron chi connectivity index (χ4n) is 2.98. The molecular weight excluding hydrogens is 437 g/mol. The molecule has 9 heteroatoms. The molecule has 0 saturated heterocycles. The lowest BCUT2D eigenvalue weighted by atomic mass is 9.97. The fraction of sp³-hybridized carbons (Fsp3) is 0.167. The lowest BCUT2D eigenvalue weighted by Crippen LogP contribution is -2.14. The second-order valence-electron chi connectivity index (χ2n) is 6.84. The zero-order chi connectivity index (χ0) is 23.8. The average molecular weight is 458 g/mol. The molecule has 1 aromatic heterocycles. The maximum atomic E-state index is 12.7. The summed E-state index contributed by atoms with van der Waals surface area (Å²) in [4.78, 5) is 19.0. The van der Waals surface area contributed by atoms with Gasteiger partial charge in [0.2, 0.25) is 0 Å². The summed E-state index contributed by atoms with van der Waals surface area (Å²) in [6.45, 7) is -0.00693. The molecule has 172 valence electrons. The van der Waals surface area contributed by atoms with Gasteiger partial charge in [-0.3, -0.25) is 0 Å². The molecule has 3 aromatic rings. The third-order valence-corrected chi connectivity index (χ3v) is 4.65. The van der Waals surface area contributed by atoms with Crippen molar-refractivity contribution in [1.82, 2.24) is 9.97 Å². The molecule has 0 radical (unpaired) electrons. The van der Waals surface area contributed by atoms with E-state index >= 15 is 0 Å². The Kier molecular flexibility index (Phi) is 7.68. The Labute approximate surface area is 188 Å². The molecule has 33 heavy (non-hydrogen) atoms. The first-order chi connectivity index (χ1) is 15.8. The van der Waals surface area contributed by atoms with E-state index in [1.165, 1.54) is 25.4 Å². The van der Waals surface area contributed by atoms with Crippen molar-refractivity contribution in [3.05, 3.63) is 96.1 Å². The monoisotopic (exact) mass is 458 g/mol. The van der Waals surface area contributed by atoms with Gasteiger partial charge in [0, 0.05) is 12.4 Å². The largest absolute Gasteiger partial charge is 0.486 e. The van der Waals surface area contributed by atoms with Gasteiger partial charge in [0.05, 0.1) is 12.7 Å². The van der Waals surface area contributed by atoms with Crippen molar-refractivity contribution in [2.75, 3.05) is 7.11 Å². The van der Waals surface area contributed by atoms with Crippen molar-refractivity contribution in [3.8, 4) is 16.9 Å². The molecule has 0 bridgehead atoms. The Balaban J connectivity index is 1.81. The van der Waals surface area contributed by atoms with Crippen LogP contribution >= 0.6 is 0 Å². The highest BCUT2D eigenvalue weighted by Gasteiger charge is 2.30. The summed E-state index contributed by atoms with van der Waals surface area (Å²) in [5, 5.41) is 10.3. The number of nitrogens with zero attached hydrogens (tertiary/aromatic N) is 1. The highest BCUT2D eigenvalue weighted by atomic mass is 19.4. The van der Waals surface area contributed by atoms with E-state index in [1.807, 2.05) is 0 Å². The number of carbonyl (C=O) groups excluding carboxylic acids is 1.